The van der Waals surface area contributed by atoms with Gasteiger partial charge in [-0.15, -0.1) is 0 Å². The molecular weight excluding hydrogens is 352 g/mol. The van der Waals surface area contributed by atoms with Crippen LogP contribution in [-0.4, -0.2) is 53.3 Å². The minimum absolute atomic E-state index is 0.219. The van der Waals surface area contributed by atoms with E-state index in [0.717, 1.165) is 37.1 Å². The lowest BCUT2D eigenvalue weighted by Crippen LogP contribution is -2.58. The zero-order valence-electron chi connectivity index (χ0n) is 16.0. The maximum absolute atomic E-state index is 11.9. The van der Waals surface area contributed by atoms with Crippen LogP contribution >= 0.6 is 0 Å². The van der Waals surface area contributed by atoms with E-state index in [1.807, 2.05) is 30.3 Å². The molecule has 1 aromatic heterocycles. The smallest absolute Gasteiger partial charge is 0.339 e. The van der Waals surface area contributed by atoms with E-state index in [2.05, 4.69) is 21.7 Å². The predicted octanol–water partition coefficient (Wildman–Crippen LogP) is 2.27. The van der Waals surface area contributed by atoms with Crippen LogP contribution in [0.4, 0.5) is 0 Å². The molecule has 3 aliphatic rings. The number of hydrogen-bond acceptors (Lipinski definition) is 5. The van der Waals surface area contributed by atoms with Gasteiger partial charge < -0.3 is 9.84 Å². The molecule has 0 saturated carbocycles. The van der Waals surface area contributed by atoms with Gasteiger partial charge in [-0.05, 0) is 49.0 Å². The SMILES string of the molecule is COC(=O)c1cnc(C#CC2(O)CN3CCC2CC3)c(Cc2ccccc2)c1. The van der Waals surface area contributed by atoms with Crippen molar-refractivity contribution in [2.75, 3.05) is 26.7 Å². The molecule has 5 heteroatoms. The summed E-state index contributed by atoms with van der Waals surface area (Å²) < 4.78 is 4.83. The third-order valence-electron chi connectivity index (χ3n) is 5.75. The number of benzene rings is 1. The number of carbonyl (C=O) groups is 1. The second kappa shape index (κ2) is 7.75. The molecule has 0 radical (unpaired) electrons. The van der Waals surface area contributed by atoms with Crippen molar-refractivity contribution in [3.63, 3.8) is 0 Å². The number of aromatic nitrogens is 1. The van der Waals surface area contributed by atoms with E-state index in [4.69, 9.17) is 4.74 Å². The van der Waals surface area contributed by atoms with Crippen molar-refractivity contribution >= 4 is 5.97 Å². The number of nitrogens with zero attached hydrogens (tertiary/aromatic N) is 2. The number of aliphatic hydroxyl groups is 1. The summed E-state index contributed by atoms with van der Waals surface area (Å²) in [6, 6.07) is 11.8. The molecule has 1 N–H and O–H groups in total. The van der Waals surface area contributed by atoms with Crippen LogP contribution in [0.3, 0.4) is 0 Å². The maximum Gasteiger partial charge on any atom is 0.339 e. The Balaban J connectivity index is 1.67. The number of pyridine rings is 1. The number of carbonyl (C=O) groups excluding carboxylic acids is 1. The minimum Gasteiger partial charge on any atom is -0.465 e. The monoisotopic (exact) mass is 376 g/mol. The summed E-state index contributed by atoms with van der Waals surface area (Å²) in [6.45, 7) is 2.68. The first kappa shape index (κ1) is 18.7. The topological polar surface area (TPSA) is 62.7 Å². The molecule has 0 aliphatic carbocycles. The van der Waals surface area contributed by atoms with E-state index in [-0.39, 0.29) is 5.92 Å². The summed E-state index contributed by atoms with van der Waals surface area (Å²) in [6.07, 6.45) is 4.06. The molecule has 2 aromatic rings. The fourth-order valence-corrected chi connectivity index (χ4v) is 4.15. The Morgan fingerprint density at radius 3 is 2.71 bits per heavy atom. The molecule has 5 nitrogen and oxygen atoms in total. The predicted molar refractivity (Wildman–Crippen MR) is 106 cm³/mol. The van der Waals surface area contributed by atoms with Crippen LogP contribution in [-0.2, 0) is 11.2 Å². The maximum atomic E-state index is 11.9. The summed E-state index contributed by atoms with van der Waals surface area (Å²) in [5.74, 6) is 6.04. The average molecular weight is 376 g/mol. The van der Waals surface area contributed by atoms with Gasteiger partial charge in [0, 0.05) is 25.1 Å². The van der Waals surface area contributed by atoms with Crippen LogP contribution in [0.5, 0.6) is 0 Å². The molecule has 5 rings (SSSR count). The lowest BCUT2D eigenvalue weighted by Gasteiger charge is -2.47. The van der Waals surface area contributed by atoms with Crippen molar-refractivity contribution in [3.05, 3.63) is 65.0 Å². The molecule has 3 fully saturated rings. The third-order valence-corrected chi connectivity index (χ3v) is 5.75. The molecule has 0 amide bonds. The van der Waals surface area contributed by atoms with Gasteiger partial charge in [-0.25, -0.2) is 9.78 Å². The van der Waals surface area contributed by atoms with Crippen LogP contribution in [0, 0.1) is 17.8 Å². The van der Waals surface area contributed by atoms with Crippen LogP contribution in [0.2, 0.25) is 0 Å². The van der Waals surface area contributed by atoms with Crippen molar-refractivity contribution in [2.45, 2.75) is 24.9 Å². The zero-order chi connectivity index (χ0) is 19.6. The summed E-state index contributed by atoms with van der Waals surface area (Å²) in [4.78, 5) is 18.6. The van der Waals surface area contributed by atoms with Crippen LogP contribution in [0.1, 0.15) is 40.0 Å². The van der Waals surface area contributed by atoms with Gasteiger partial charge in [0.25, 0.3) is 0 Å². The Kier molecular flexibility index (Phi) is 5.17. The molecule has 1 atom stereocenters. The summed E-state index contributed by atoms with van der Waals surface area (Å²) in [7, 11) is 1.36. The molecule has 144 valence electrons. The van der Waals surface area contributed by atoms with E-state index < -0.39 is 11.6 Å². The van der Waals surface area contributed by atoms with Crippen LogP contribution < -0.4 is 0 Å². The highest BCUT2D eigenvalue weighted by molar-refractivity contribution is 5.89. The molecular formula is C23H24N2O3. The summed E-state index contributed by atoms with van der Waals surface area (Å²) in [5, 5.41) is 11.1. The largest absolute Gasteiger partial charge is 0.465 e. The number of rotatable bonds is 3. The fraction of sp³-hybridized carbons (Fsp3) is 0.391. The first-order valence-electron chi connectivity index (χ1n) is 9.66. The van der Waals surface area contributed by atoms with E-state index in [9.17, 15) is 9.90 Å². The molecule has 4 heterocycles. The molecule has 1 aromatic carbocycles. The Labute approximate surface area is 165 Å². The van der Waals surface area contributed by atoms with Gasteiger partial charge in [0.05, 0.1) is 12.7 Å². The Morgan fingerprint density at radius 2 is 2.07 bits per heavy atom. The van der Waals surface area contributed by atoms with Gasteiger partial charge >= 0.3 is 5.97 Å². The van der Waals surface area contributed by atoms with E-state index >= 15 is 0 Å². The minimum atomic E-state index is -0.983. The first-order chi connectivity index (χ1) is 13.6. The number of ether oxygens (including phenoxy) is 1. The highest BCUT2D eigenvalue weighted by Crippen LogP contribution is 2.35. The summed E-state index contributed by atoms with van der Waals surface area (Å²) in [5.41, 5.74) is 1.98. The standard InChI is InChI=1S/C23H24N2O3/c1-28-22(26)19-14-18(13-17-5-3-2-4-6-17)21(24-15-19)7-10-23(27)16-25-11-8-20(23)9-12-25/h2-6,14-15,20,27H,8-9,11-13,16H2,1H3. The average Bonchev–Trinajstić information content (AvgIpc) is 2.73. The van der Waals surface area contributed by atoms with Crippen molar-refractivity contribution in [1.82, 2.24) is 9.88 Å². The Hall–Kier alpha value is -2.68. The second-order valence-electron chi connectivity index (χ2n) is 7.61. The Bertz CT molecular complexity index is 924. The van der Waals surface area contributed by atoms with E-state index in [0.29, 0.717) is 24.2 Å². The van der Waals surface area contributed by atoms with Gasteiger partial charge in [-0.2, -0.15) is 0 Å². The van der Waals surface area contributed by atoms with Gasteiger partial charge in [0.15, 0.2) is 0 Å². The zero-order valence-corrected chi connectivity index (χ0v) is 16.0. The molecule has 0 spiro atoms. The molecule has 3 aliphatic heterocycles. The van der Waals surface area contributed by atoms with Crippen LogP contribution in [0.15, 0.2) is 42.6 Å². The summed E-state index contributed by atoms with van der Waals surface area (Å²) >= 11 is 0. The van der Waals surface area contributed by atoms with Crippen molar-refractivity contribution in [1.29, 1.82) is 0 Å². The number of methoxy groups -OCH3 is 1. The van der Waals surface area contributed by atoms with E-state index in [1.165, 1.54) is 13.3 Å². The van der Waals surface area contributed by atoms with Crippen molar-refractivity contribution in [2.24, 2.45) is 5.92 Å². The van der Waals surface area contributed by atoms with Gasteiger partial charge in [-0.3, -0.25) is 4.90 Å². The Morgan fingerprint density at radius 1 is 1.32 bits per heavy atom. The highest BCUT2D eigenvalue weighted by atomic mass is 16.5. The van der Waals surface area contributed by atoms with Crippen molar-refractivity contribution in [3.8, 4) is 11.8 Å². The van der Waals surface area contributed by atoms with Gasteiger partial charge in [0.2, 0.25) is 0 Å². The number of piperidine rings is 3. The van der Waals surface area contributed by atoms with E-state index in [1.54, 1.807) is 6.07 Å². The normalized spacial score (nSPS) is 25.6. The molecule has 3 saturated heterocycles. The quantitative estimate of drug-likeness (QED) is 0.658. The first-order valence-corrected chi connectivity index (χ1v) is 9.66. The fourth-order valence-electron chi connectivity index (χ4n) is 4.15. The second-order valence-corrected chi connectivity index (χ2v) is 7.61. The molecule has 1 unspecified atom stereocenters. The lowest BCUT2D eigenvalue weighted by molar-refractivity contribution is -0.0713. The molecule has 2 bridgehead atoms. The third kappa shape index (κ3) is 3.80. The van der Waals surface area contributed by atoms with Crippen molar-refractivity contribution < 1.29 is 14.6 Å². The number of hydrogen-bond donors (Lipinski definition) is 1. The number of fused-ring (bicyclic) bond motifs is 3. The van der Waals surface area contributed by atoms with Gasteiger partial charge in [-0.1, -0.05) is 36.3 Å². The lowest BCUT2D eigenvalue weighted by atomic mass is 9.76. The number of esters is 1. The van der Waals surface area contributed by atoms with Crippen LogP contribution in [0.25, 0.3) is 0 Å². The van der Waals surface area contributed by atoms with Gasteiger partial charge in [0.1, 0.15) is 11.3 Å². The highest BCUT2D eigenvalue weighted by Gasteiger charge is 2.44. The molecule has 28 heavy (non-hydrogen) atoms.